The van der Waals surface area contributed by atoms with E-state index >= 15 is 0 Å². The van der Waals surface area contributed by atoms with Gasteiger partial charge in [-0.05, 0) is 38.3 Å². The number of nitrogens with zero attached hydrogens (tertiary/aromatic N) is 1. The second-order valence-electron chi connectivity index (χ2n) is 5.18. The molecular weight excluding hydrogens is 280 g/mol. The molecule has 1 aliphatic rings. The number of rotatable bonds is 4. The Morgan fingerprint density at radius 3 is 2.89 bits per heavy atom. The minimum absolute atomic E-state index is 0.110. The summed E-state index contributed by atoms with van der Waals surface area (Å²) in [5.41, 5.74) is 5.97. The lowest BCUT2D eigenvalue weighted by Gasteiger charge is -2.30. The first-order chi connectivity index (χ1) is 9.10. The van der Waals surface area contributed by atoms with Gasteiger partial charge in [0.1, 0.15) is 0 Å². The van der Waals surface area contributed by atoms with Crippen molar-refractivity contribution >= 4 is 28.8 Å². The van der Waals surface area contributed by atoms with Crippen molar-refractivity contribution in [3.8, 4) is 0 Å². The van der Waals surface area contributed by atoms with Crippen LogP contribution in [0.5, 0.6) is 0 Å². The molecule has 1 aliphatic carbocycles. The standard InChI is InChI=1S/C14H21ClN2OS/c1-2-17(9-12-6-7-13(15)19-12)14(18)10-4-3-5-11(16)8-10/h6-7,10-11H,2-5,8-9,16H2,1H3. The Hall–Kier alpha value is -0.580. The lowest BCUT2D eigenvalue weighted by Crippen LogP contribution is -2.40. The molecule has 2 N–H and O–H groups in total. The molecule has 2 unspecified atom stereocenters. The molecule has 1 fully saturated rings. The number of nitrogens with two attached hydrogens (primary N) is 1. The van der Waals surface area contributed by atoms with E-state index < -0.39 is 0 Å². The monoisotopic (exact) mass is 300 g/mol. The maximum atomic E-state index is 12.5. The second kappa shape index (κ2) is 6.73. The predicted octanol–water partition coefficient (Wildman–Crippen LogP) is 3.27. The van der Waals surface area contributed by atoms with Crippen molar-refractivity contribution < 1.29 is 4.79 Å². The van der Waals surface area contributed by atoms with Gasteiger partial charge in [-0.15, -0.1) is 11.3 Å². The molecule has 0 spiro atoms. The molecule has 1 aromatic rings. The third-order valence-corrected chi connectivity index (χ3v) is 4.95. The Morgan fingerprint density at radius 1 is 1.53 bits per heavy atom. The van der Waals surface area contributed by atoms with Crippen LogP contribution in [0.1, 0.15) is 37.5 Å². The Bertz CT molecular complexity index is 435. The minimum Gasteiger partial charge on any atom is -0.338 e. The number of carbonyl (C=O) groups excluding carboxylic acids is 1. The van der Waals surface area contributed by atoms with Crippen molar-refractivity contribution in [2.75, 3.05) is 6.54 Å². The van der Waals surface area contributed by atoms with Gasteiger partial charge in [0.15, 0.2) is 0 Å². The fraction of sp³-hybridized carbons (Fsp3) is 0.643. The van der Waals surface area contributed by atoms with Crippen LogP contribution in [0.15, 0.2) is 12.1 Å². The smallest absolute Gasteiger partial charge is 0.226 e. The Morgan fingerprint density at radius 2 is 2.32 bits per heavy atom. The van der Waals surface area contributed by atoms with Crippen molar-refractivity contribution in [3.05, 3.63) is 21.3 Å². The van der Waals surface area contributed by atoms with Gasteiger partial charge >= 0.3 is 0 Å². The van der Waals surface area contributed by atoms with Crippen LogP contribution in [-0.4, -0.2) is 23.4 Å². The van der Waals surface area contributed by atoms with Crippen LogP contribution in [0, 0.1) is 5.92 Å². The summed E-state index contributed by atoms with van der Waals surface area (Å²) in [5, 5.41) is 0. The molecule has 5 heteroatoms. The molecule has 1 saturated carbocycles. The van der Waals surface area contributed by atoms with E-state index in [9.17, 15) is 4.79 Å². The van der Waals surface area contributed by atoms with E-state index in [4.69, 9.17) is 17.3 Å². The van der Waals surface area contributed by atoms with Gasteiger partial charge in [0.25, 0.3) is 0 Å². The maximum Gasteiger partial charge on any atom is 0.226 e. The zero-order valence-electron chi connectivity index (χ0n) is 11.3. The molecule has 106 valence electrons. The van der Waals surface area contributed by atoms with Crippen LogP contribution >= 0.6 is 22.9 Å². The molecule has 0 bridgehead atoms. The van der Waals surface area contributed by atoms with Gasteiger partial charge < -0.3 is 10.6 Å². The van der Waals surface area contributed by atoms with Crippen molar-refractivity contribution in [2.24, 2.45) is 11.7 Å². The summed E-state index contributed by atoms with van der Waals surface area (Å²) < 4.78 is 0.776. The Balaban J connectivity index is 1.98. The Labute approximate surface area is 123 Å². The lowest BCUT2D eigenvalue weighted by atomic mass is 9.85. The van der Waals surface area contributed by atoms with E-state index in [-0.39, 0.29) is 17.9 Å². The van der Waals surface area contributed by atoms with Gasteiger partial charge in [-0.25, -0.2) is 0 Å². The quantitative estimate of drug-likeness (QED) is 0.927. The topological polar surface area (TPSA) is 46.3 Å². The van der Waals surface area contributed by atoms with Crippen molar-refractivity contribution in [2.45, 2.75) is 45.2 Å². The summed E-state index contributed by atoms with van der Waals surface area (Å²) in [5.74, 6) is 0.362. The average Bonchev–Trinajstić information content (AvgIpc) is 2.81. The van der Waals surface area contributed by atoms with Crippen LogP contribution in [0.3, 0.4) is 0 Å². The van der Waals surface area contributed by atoms with Gasteiger partial charge in [0, 0.05) is 23.4 Å². The van der Waals surface area contributed by atoms with Gasteiger partial charge in [-0.2, -0.15) is 0 Å². The van der Waals surface area contributed by atoms with Crippen LogP contribution in [0.2, 0.25) is 4.34 Å². The first kappa shape index (κ1) is 14.8. The number of halogens is 1. The predicted molar refractivity (Wildman–Crippen MR) is 80.4 cm³/mol. The first-order valence-corrected chi connectivity index (χ1v) is 8.08. The molecule has 1 heterocycles. The normalized spacial score (nSPS) is 23.3. The van der Waals surface area contributed by atoms with E-state index in [1.54, 1.807) is 11.3 Å². The van der Waals surface area contributed by atoms with Gasteiger partial charge in [0.2, 0.25) is 5.91 Å². The van der Waals surface area contributed by atoms with Crippen LogP contribution in [0.25, 0.3) is 0 Å². The van der Waals surface area contributed by atoms with Crippen LogP contribution < -0.4 is 5.73 Å². The number of thiophene rings is 1. The minimum atomic E-state index is 0.110. The Kier molecular flexibility index (Phi) is 5.25. The fourth-order valence-corrected chi connectivity index (χ4v) is 3.78. The third kappa shape index (κ3) is 3.94. The highest BCUT2D eigenvalue weighted by Gasteiger charge is 2.28. The highest BCUT2D eigenvalue weighted by Crippen LogP contribution is 2.27. The molecule has 1 amide bonds. The molecule has 2 atom stereocenters. The summed E-state index contributed by atoms with van der Waals surface area (Å²) in [6, 6.07) is 4.07. The largest absolute Gasteiger partial charge is 0.338 e. The summed E-state index contributed by atoms with van der Waals surface area (Å²) >= 11 is 7.48. The molecule has 2 rings (SSSR count). The average molecular weight is 301 g/mol. The molecule has 0 radical (unpaired) electrons. The summed E-state index contributed by atoms with van der Waals surface area (Å²) in [4.78, 5) is 15.6. The van der Waals surface area contributed by atoms with Gasteiger partial charge in [-0.1, -0.05) is 18.0 Å². The lowest BCUT2D eigenvalue weighted by molar-refractivity contribution is -0.137. The van der Waals surface area contributed by atoms with Crippen molar-refractivity contribution in [1.29, 1.82) is 0 Å². The van der Waals surface area contributed by atoms with E-state index in [0.717, 1.165) is 41.4 Å². The third-order valence-electron chi connectivity index (χ3n) is 3.73. The van der Waals surface area contributed by atoms with Crippen LogP contribution in [0.4, 0.5) is 0 Å². The van der Waals surface area contributed by atoms with Gasteiger partial charge in [-0.3, -0.25) is 4.79 Å². The number of amides is 1. The highest BCUT2D eigenvalue weighted by molar-refractivity contribution is 7.16. The summed E-state index contributed by atoms with van der Waals surface area (Å²) in [7, 11) is 0. The zero-order chi connectivity index (χ0) is 13.8. The molecule has 3 nitrogen and oxygen atoms in total. The molecular formula is C14H21ClN2OS. The summed E-state index contributed by atoms with van der Waals surface area (Å²) in [6.07, 6.45) is 3.94. The number of hydrogen-bond donors (Lipinski definition) is 1. The highest BCUT2D eigenvalue weighted by atomic mass is 35.5. The van der Waals surface area contributed by atoms with Gasteiger partial charge in [0.05, 0.1) is 10.9 Å². The zero-order valence-corrected chi connectivity index (χ0v) is 12.8. The van der Waals surface area contributed by atoms with E-state index in [2.05, 4.69) is 0 Å². The van der Waals surface area contributed by atoms with E-state index in [1.165, 1.54) is 0 Å². The van der Waals surface area contributed by atoms with Crippen LogP contribution in [-0.2, 0) is 11.3 Å². The molecule has 0 saturated heterocycles. The van der Waals surface area contributed by atoms with E-state index in [0.29, 0.717) is 6.54 Å². The molecule has 0 aliphatic heterocycles. The maximum absolute atomic E-state index is 12.5. The van der Waals surface area contributed by atoms with Crippen molar-refractivity contribution in [3.63, 3.8) is 0 Å². The number of hydrogen-bond acceptors (Lipinski definition) is 3. The first-order valence-electron chi connectivity index (χ1n) is 6.88. The summed E-state index contributed by atoms with van der Waals surface area (Å²) in [6.45, 7) is 3.43. The fourth-order valence-electron chi connectivity index (χ4n) is 2.68. The molecule has 19 heavy (non-hydrogen) atoms. The second-order valence-corrected chi connectivity index (χ2v) is 6.98. The molecule has 0 aromatic carbocycles. The number of carbonyl (C=O) groups is 1. The SMILES string of the molecule is CCN(Cc1ccc(Cl)s1)C(=O)C1CCCC(N)C1. The van der Waals surface area contributed by atoms with E-state index in [1.807, 2.05) is 24.0 Å². The molecule has 1 aromatic heterocycles. The van der Waals surface area contributed by atoms with Crippen molar-refractivity contribution in [1.82, 2.24) is 4.90 Å².